The van der Waals surface area contributed by atoms with E-state index in [4.69, 9.17) is 4.74 Å². The number of carbonyl (C=O) groups excluding carboxylic acids is 2. The van der Waals surface area contributed by atoms with E-state index in [1.807, 2.05) is 21.8 Å². The predicted octanol–water partition coefficient (Wildman–Crippen LogP) is 2.59. The molecule has 0 bridgehead atoms. The highest BCUT2D eigenvalue weighted by atomic mass is 16.5. The monoisotopic (exact) mass is 385 g/mol. The molecule has 8 nitrogen and oxygen atoms in total. The van der Waals surface area contributed by atoms with E-state index in [-0.39, 0.29) is 11.9 Å². The molecule has 3 rings (SSSR count). The van der Waals surface area contributed by atoms with E-state index in [0.717, 1.165) is 25.8 Å². The lowest BCUT2D eigenvalue weighted by Gasteiger charge is -2.32. The average Bonchev–Trinajstić information content (AvgIpc) is 3.25. The largest absolute Gasteiger partial charge is 0.495 e. The van der Waals surface area contributed by atoms with Crippen LogP contribution in [-0.2, 0) is 6.54 Å². The number of aromatic nitrogens is 2. The molecule has 150 valence electrons. The van der Waals surface area contributed by atoms with E-state index in [1.54, 1.807) is 31.4 Å². The molecule has 0 saturated carbocycles. The zero-order valence-electron chi connectivity index (χ0n) is 16.4. The topological polar surface area (TPSA) is 88.5 Å². The standard InChI is InChI=1S/C20H27N5O3/c1-21-19(26)16-4-5-18(28-2)17(14-16)23-20(27)24-11-6-15(7-12-24)8-13-25-10-3-9-22-25/h3-5,9-10,14-15H,6-8,11-13H2,1-2H3,(H,21,26)(H,23,27). The van der Waals surface area contributed by atoms with Gasteiger partial charge in [-0.15, -0.1) is 0 Å². The van der Waals surface area contributed by atoms with Gasteiger partial charge in [0.25, 0.3) is 5.91 Å². The lowest BCUT2D eigenvalue weighted by Crippen LogP contribution is -2.41. The minimum atomic E-state index is -0.212. The first-order valence-electron chi connectivity index (χ1n) is 9.54. The summed E-state index contributed by atoms with van der Waals surface area (Å²) < 4.78 is 7.26. The zero-order chi connectivity index (χ0) is 19.9. The SMILES string of the molecule is CNC(=O)c1ccc(OC)c(NC(=O)N2CCC(CCn3cccn3)CC2)c1. The maximum atomic E-state index is 12.7. The summed E-state index contributed by atoms with van der Waals surface area (Å²) >= 11 is 0. The fourth-order valence-corrected chi connectivity index (χ4v) is 3.46. The summed E-state index contributed by atoms with van der Waals surface area (Å²) in [4.78, 5) is 26.4. The van der Waals surface area contributed by atoms with E-state index >= 15 is 0 Å². The van der Waals surface area contributed by atoms with Crippen LogP contribution in [0.1, 0.15) is 29.6 Å². The Morgan fingerprint density at radius 3 is 2.71 bits per heavy atom. The second-order valence-electron chi connectivity index (χ2n) is 6.91. The average molecular weight is 385 g/mol. The number of carbonyl (C=O) groups is 2. The van der Waals surface area contributed by atoms with Crippen molar-refractivity contribution in [2.45, 2.75) is 25.8 Å². The van der Waals surface area contributed by atoms with Gasteiger partial charge in [0.2, 0.25) is 0 Å². The maximum absolute atomic E-state index is 12.7. The third kappa shape index (κ3) is 4.82. The molecule has 3 amide bonds. The Balaban J connectivity index is 1.54. The minimum Gasteiger partial charge on any atom is -0.495 e. The molecule has 8 heteroatoms. The number of nitrogens with one attached hydrogen (secondary N) is 2. The number of rotatable bonds is 6. The Hall–Kier alpha value is -3.03. The van der Waals surface area contributed by atoms with Crippen LogP contribution in [0.2, 0.25) is 0 Å². The van der Waals surface area contributed by atoms with Crippen molar-refractivity contribution >= 4 is 17.6 Å². The van der Waals surface area contributed by atoms with Crippen molar-refractivity contribution in [2.24, 2.45) is 5.92 Å². The summed E-state index contributed by atoms with van der Waals surface area (Å²) in [6.45, 7) is 2.34. The summed E-state index contributed by atoms with van der Waals surface area (Å²) in [5.41, 5.74) is 0.963. The number of hydrogen-bond donors (Lipinski definition) is 2. The van der Waals surface area contributed by atoms with Gasteiger partial charge >= 0.3 is 6.03 Å². The smallest absolute Gasteiger partial charge is 0.321 e. The molecule has 1 aliphatic heterocycles. The number of nitrogens with zero attached hydrogens (tertiary/aromatic N) is 3. The third-order valence-corrected chi connectivity index (χ3v) is 5.16. The Kier molecular flexibility index (Phi) is 6.52. The first kappa shape index (κ1) is 19.7. The van der Waals surface area contributed by atoms with Crippen molar-refractivity contribution in [3.63, 3.8) is 0 Å². The van der Waals surface area contributed by atoms with Gasteiger partial charge in [-0.05, 0) is 49.4 Å². The maximum Gasteiger partial charge on any atom is 0.321 e. The molecule has 2 heterocycles. The number of ether oxygens (including phenoxy) is 1. The van der Waals surface area contributed by atoms with Gasteiger partial charge in [0.15, 0.2) is 0 Å². The fourth-order valence-electron chi connectivity index (χ4n) is 3.46. The van der Waals surface area contributed by atoms with Gasteiger partial charge in [-0.1, -0.05) is 0 Å². The first-order valence-corrected chi connectivity index (χ1v) is 9.54. The van der Waals surface area contributed by atoms with E-state index < -0.39 is 0 Å². The normalized spacial score (nSPS) is 14.6. The molecule has 1 aromatic heterocycles. The van der Waals surface area contributed by atoms with Gasteiger partial charge in [0, 0.05) is 44.6 Å². The molecule has 0 atom stereocenters. The number of methoxy groups -OCH3 is 1. The molecule has 0 aliphatic carbocycles. The minimum absolute atomic E-state index is 0.169. The lowest BCUT2D eigenvalue weighted by molar-refractivity contribution is 0.0963. The highest BCUT2D eigenvalue weighted by Crippen LogP contribution is 2.27. The number of piperidine rings is 1. The number of benzene rings is 1. The van der Waals surface area contributed by atoms with Crippen LogP contribution in [0.15, 0.2) is 36.7 Å². The van der Waals surface area contributed by atoms with E-state index in [2.05, 4.69) is 15.7 Å². The number of likely N-dealkylation sites (tertiary alicyclic amines) is 1. The summed E-state index contributed by atoms with van der Waals surface area (Å²) in [6.07, 6.45) is 6.79. The summed E-state index contributed by atoms with van der Waals surface area (Å²) in [6, 6.07) is 6.74. The van der Waals surface area contributed by atoms with Crippen LogP contribution in [0.3, 0.4) is 0 Å². The van der Waals surface area contributed by atoms with Crippen molar-refractivity contribution < 1.29 is 14.3 Å². The summed E-state index contributed by atoms with van der Waals surface area (Å²) in [5.74, 6) is 0.908. The fraction of sp³-hybridized carbons (Fsp3) is 0.450. The van der Waals surface area contributed by atoms with Gasteiger partial charge in [0.1, 0.15) is 5.75 Å². The van der Waals surface area contributed by atoms with Gasteiger partial charge < -0.3 is 20.3 Å². The first-order chi connectivity index (χ1) is 13.6. The van der Waals surface area contributed by atoms with E-state index in [0.29, 0.717) is 36.0 Å². The number of urea groups is 1. The van der Waals surface area contributed by atoms with Crippen molar-refractivity contribution in [1.29, 1.82) is 0 Å². The molecule has 0 radical (unpaired) electrons. The Morgan fingerprint density at radius 2 is 2.07 bits per heavy atom. The number of aryl methyl sites for hydroxylation is 1. The quantitative estimate of drug-likeness (QED) is 0.800. The van der Waals surface area contributed by atoms with Crippen molar-refractivity contribution in [3.8, 4) is 5.75 Å². The van der Waals surface area contributed by atoms with Crippen molar-refractivity contribution in [1.82, 2.24) is 20.0 Å². The van der Waals surface area contributed by atoms with Crippen LogP contribution < -0.4 is 15.4 Å². The molecule has 1 saturated heterocycles. The van der Waals surface area contributed by atoms with Gasteiger partial charge in [-0.2, -0.15) is 5.10 Å². The van der Waals surface area contributed by atoms with Crippen LogP contribution in [-0.4, -0.2) is 53.9 Å². The van der Waals surface area contributed by atoms with Crippen molar-refractivity contribution in [3.05, 3.63) is 42.2 Å². The number of hydrogen-bond acceptors (Lipinski definition) is 4. The molecular weight excluding hydrogens is 358 g/mol. The second-order valence-corrected chi connectivity index (χ2v) is 6.91. The van der Waals surface area contributed by atoms with Crippen LogP contribution >= 0.6 is 0 Å². The predicted molar refractivity (Wildman–Crippen MR) is 107 cm³/mol. The van der Waals surface area contributed by atoms with Crippen LogP contribution in [0.25, 0.3) is 0 Å². The highest BCUT2D eigenvalue weighted by molar-refractivity contribution is 5.97. The number of anilines is 1. The van der Waals surface area contributed by atoms with Gasteiger partial charge in [-0.25, -0.2) is 4.79 Å². The molecule has 0 spiro atoms. The lowest BCUT2D eigenvalue weighted by atomic mass is 9.94. The Bertz CT molecular complexity index is 798. The second kappa shape index (κ2) is 9.25. The molecule has 2 aromatic rings. The van der Waals surface area contributed by atoms with Crippen LogP contribution in [0, 0.1) is 5.92 Å². The van der Waals surface area contributed by atoms with Gasteiger partial charge in [0.05, 0.1) is 12.8 Å². The molecular formula is C20H27N5O3. The van der Waals surface area contributed by atoms with Gasteiger partial charge in [-0.3, -0.25) is 9.48 Å². The van der Waals surface area contributed by atoms with Crippen LogP contribution in [0.4, 0.5) is 10.5 Å². The highest BCUT2D eigenvalue weighted by Gasteiger charge is 2.23. The van der Waals surface area contributed by atoms with E-state index in [1.165, 1.54) is 7.11 Å². The molecule has 0 unspecified atom stereocenters. The zero-order valence-corrected chi connectivity index (χ0v) is 16.4. The molecule has 1 aromatic carbocycles. The number of amides is 3. The molecule has 28 heavy (non-hydrogen) atoms. The Morgan fingerprint density at radius 1 is 1.29 bits per heavy atom. The molecule has 2 N–H and O–H groups in total. The van der Waals surface area contributed by atoms with Crippen molar-refractivity contribution in [2.75, 3.05) is 32.6 Å². The van der Waals surface area contributed by atoms with E-state index in [9.17, 15) is 9.59 Å². The molecule has 1 fully saturated rings. The summed E-state index contributed by atoms with van der Waals surface area (Å²) in [7, 11) is 3.11. The Labute approximate surface area is 164 Å². The summed E-state index contributed by atoms with van der Waals surface area (Å²) in [5, 5.41) is 9.70. The van der Waals surface area contributed by atoms with Crippen LogP contribution in [0.5, 0.6) is 5.75 Å². The molecule has 1 aliphatic rings. The third-order valence-electron chi connectivity index (χ3n) is 5.16.